The van der Waals surface area contributed by atoms with Gasteiger partial charge in [0.05, 0.1) is 12.8 Å². The van der Waals surface area contributed by atoms with Crippen LogP contribution in [0.25, 0.3) is 10.9 Å². The van der Waals surface area contributed by atoms with Crippen LogP contribution in [0.2, 0.25) is 0 Å². The standard InChI is InChI=1S/C22H32N4O/c1-6-8-16(2)13-17(3)22(4,5)24-15-21(27)26-25-14-18-9-7-10-20-19(18)11-12-23-20/h7-12,14,17,23-24H,6,13,15H2,1-5H3,(H,26,27)/b16-8-,25-14+. The summed E-state index contributed by atoms with van der Waals surface area (Å²) in [5.74, 6) is 0.274. The molecular weight excluding hydrogens is 336 g/mol. The lowest BCUT2D eigenvalue weighted by Crippen LogP contribution is -2.48. The highest BCUT2D eigenvalue weighted by atomic mass is 16.2. The quantitative estimate of drug-likeness (QED) is 0.349. The van der Waals surface area contributed by atoms with E-state index in [4.69, 9.17) is 0 Å². The second kappa shape index (κ2) is 9.51. The summed E-state index contributed by atoms with van der Waals surface area (Å²) >= 11 is 0. The number of amides is 1. The first-order valence-corrected chi connectivity index (χ1v) is 9.62. The van der Waals surface area contributed by atoms with Gasteiger partial charge in [-0.15, -0.1) is 0 Å². The second-order valence-corrected chi connectivity index (χ2v) is 7.72. The molecule has 146 valence electrons. The first-order chi connectivity index (χ1) is 12.8. The van der Waals surface area contributed by atoms with E-state index in [9.17, 15) is 4.79 Å². The lowest BCUT2D eigenvalue weighted by atomic mass is 9.84. The number of rotatable bonds is 9. The van der Waals surface area contributed by atoms with E-state index in [-0.39, 0.29) is 18.0 Å². The van der Waals surface area contributed by atoms with Gasteiger partial charge in [-0.1, -0.05) is 37.6 Å². The Hall–Kier alpha value is -2.40. The molecule has 0 aliphatic heterocycles. The Morgan fingerprint density at radius 3 is 2.85 bits per heavy atom. The topological polar surface area (TPSA) is 69.3 Å². The first-order valence-electron chi connectivity index (χ1n) is 9.62. The number of aromatic amines is 1. The molecule has 0 aliphatic rings. The van der Waals surface area contributed by atoms with E-state index in [0.29, 0.717) is 5.92 Å². The Morgan fingerprint density at radius 2 is 2.11 bits per heavy atom. The molecule has 5 heteroatoms. The highest BCUT2D eigenvalue weighted by molar-refractivity contribution is 5.98. The van der Waals surface area contributed by atoms with Gasteiger partial charge in [-0.3, -0.25) is 4.79 Å². The Morgan fingerprint density at radius 1 is 1.33 bits per heavy atom. The Bertz CT molecular complexity index is 817. The second-order valence-electron chi connectivity index (χ2n) is 7.72. The average molecular weight is 369 g/mol. The van der Waals surface area contributed by atoms with Crippen LogP contribution >= 0.6 is 0 Å². The van der Waals surface area contributed by atoms with Crippen molar-refractivity contribution in [1.29, 1.82) is 0 Å². The number of aromatic nitrogens is 1. The van der Waals surface area contributed by atoms with E-state index in [1.807, 2.05) is 30.5 Å². The number of carbonyl (C=O) groups is 1. The lowest BCUT2D eigenvalue weighted by molar-refractivity contribution is -0.120. The van der Waals surface area contributed by atoms with Crippen LogP contribution in [0, 0.1) is 5.92 Å². The highest BCUT2D eigenvalue weighted by Crippen LogP contribution is 2.23. The molecule has 3 N–H and O–H groups in total. The van der Waals surface area contributed by atoms with Crippen molar-refractivity contribution in [2.75, 3.05) is 6.54 Å². The van der Waals surface area contributed by atoms with Crippen molar-refractivity contribution < 1.29 is 4.79 Å². The molecule has 0 bridgehead atoms. The average Bonchev–Trinajstić information content (AvgIpc) is 3.10. The molecule has 0 fully saturated rings. The van der Waals surface area contributed by atoms with Crippen LogP contribution in [0.3, 0.4) is 0 Å². The largest absolute Gasteiger partial charge is 0.361 e. The number of H-pyrrole nitrogens is 1. The van der Waals surface area contributed by atoms with E-state index < -0.39 is 0 Å². The Labute approximate surface area is 162 Å². The zero-order valence-corrected chi connectivity index (χ0v) is 17.1. The predicted octanol–water partition coefficient (Wildman–Crippen LogP) is 4.37. The fraction of sp³-hybridized carbons (Fsp3) is 0.455. The highest BCUT2D eigenvalue weighted by Gasteiger charge is 2.25. The Kier molecular flexibility index (Phi) is 7.36. The van der Waals surface area contributed by atoms with E-state index in [0.717, 1.165) is 29.3 Å². The molecule has 27 heavy (non-hydrogen) atoms. The van der Waals surface area contributed by atoms with Gasteiger partial charge in [0, 0.05) is 28.2 Å². The van der Waals surface area contributed by atoms with Gasteiger partial charge in [-0.05, 0) is 51.7 Å². The van der Waals surface area contributed by atoms with E-state index >= 15 is 0 Å². The summed E-state index contributed by atoms with van der Waals surface area (Å²) in [5, 5.41) is 8.55. The van der Waals surface area contributed by atoms with Crippen molar-refractivity contribution in [3.63, 3.8) is 0 Å². The third-order valence-corrected chi connectivity index (χ3v) is 5.14. The van der Waals surface area contributed by atoms with Crippen LogP contribution in [0.5, 0.6) is 0 Å². The summed E-state index contributed by atoms with van der Waals surface area (Å²) in [6.07, 6.45) is 7.92. The van der Waals surface area contributed by atoms with Gasteiger partial charge in [0.1, 0.15) is 0 Å². The maximum atomic E-state index is 12.1. The number of hydrogen-bond acceptors (Lipinski definition) is 3. The van der Waals surface area contributed by atoms with Crippen LogP contribution in [0.1, 0.15) is 53.0 Å². The molecule has 1 aromatic heterocycles. The van der Waals surface area contributed by atoms with E-state index in [1.54, 1.807) is 6.21 Å². The molecule has 5 nitrogen and oxygen atoms in total. The fourth-order valence-electron chi connectivity index (χ4n) is 3.09. The van der Waals surface area contributed by atoms with Gasteiger partial charge in [0.25, 0.3) is 5.91 Å². The lowest BCUT2D eigenvalue weighted by Gasteiger charge is -2.33. The summed E-state index contributed by atoms with van der Waals surface area (Å²) in [6.45, 7) is 11.1. The molecule has 1 amide bonds. The summed E-state index contributed by atoms with van der Waals surface area (Å²) in [6, 6.07) is 7.94. The van der Waals surface area contributed by atoms with Crippen molar-refractivity contribution in [2.24, 2.45) is 11.0 Å². The van der Waals surface area contributed by atoms with Crippen LogP contribution < -0.4 is 10.7 Å². The smallest absolute Gasteiger partial charge is 0.254 e. The molecule has 0 aliphatic carbocycles. The number of nitrogens with one attached hydrogen (secondary N) is 3. The maximum Gasteiger partial charge on any atom is 0.254 e. The molecule has 0 saturated carbocycles. The number of benzene rings is 1. The van der Waals surface area contributed by atoms with Crippen LogP contribution in [0.4, 0.5) is 0 Å². The molecular formula is C22H32N4O. The minimum Gasteiger partial charge on any atom is -0.361 e. The summed E-state index contributed by atoms with van der Waals surface area (Å²) in [7, 11) is 0. The number of nitrogens with zero attached hydrogens (tertiary/aromatic N) is 1. The third-order valence-electron chi connectivity index (χ3n) is 5.14. The van der Waals surface area contributed by atoms with Crippen LogP contribution in [-0.2, 0) is 4.79 Å². The molecule has 0 saturated heterocycles. The normalized spacial score (nSPS) is 14.0. The zero-order chi connectivity index (χ0) is 19.9. The number of fused-ring (bicyclic) bond motifs is 1. The molecule has 0 radical (unpaired) electrons. The molecule has 1 unspecified atom stereocenters. The number of allylic oxidation sites excluding steroid dienone is 2. The molecule has 1 atom stereocenters. The molecule has 1 heterocycles. The third kappa shape index (κ3) is 6.07. The van der Waals surface area contributed by atoms with Gasteiger partial charge in [0.15, 0.2) is 0 Å². The van der Waals surface area contributed by atoms with E-state index in [1.165, 1.54) is 5.57 Å². The fourth-order valence-corrected chi connectivity index (χ4v) is 3.09. The number of hydrogen-bond donors (Lipinski definition) is 3. The van der Waals surface area contributed by atoms with Gasteiger partial charge < -0.3 is 10.3 Å². The molecule has 2 rings (SSSR count). The van der Waals surface area contributed by atoms with Gasteiger partial charge >= 0.3 is 0 Å². The zero-order valence-electron chi connectivity index (χ0n) is 17.1. The number of carbonyl (C=O) groups excluding carboxylic acids is 1. The molecule has 0 spiro atoms. The van der Waals surface area contributed by atoms with Crippen molar-refractivity contribution in [3.8, 4) is 0 Å². The van der Waals surface area contributed by atoms with Gasteiger partial charge in [-0.25, -0.2) is 5.43 Å². The minimum absolute atomic E-state index is 0.138. The monoisotopic (exact) mass is 368 g/mol. The Balaban J connectivity index is 1.84. The summed E-state index contributed by atoms with van der Waals surface area (Å²) < 4.78 is 0. The minimum atomic E-state index is -0.145. The first kappa shape index (κ1) is 20.9. The van der Waals surface area contributed by atoms with Gasteiger partial charge in [0.2, 0.25) is 0 Å². The van der Waals surface area contributed by atoms with Crippen molar-refractivity contribution in [3.05, 3.63) is 47.7 Å². The molecule has 2 aromatic rings. The summed E-state index contributed by atoms with van der Waals surface area (Å²) in [4.78, 5) is 15.3. The van der Waals surface area contributed by atoms with Crippen molar-refractivity contribution >= 4 is 23.0 Å². The molecule has 1 aromatic carbocycles. The number of hydrazone groups is 1. The van der Waals surface area contributed by atoms with Crippen molar-refractivity contribution in [1.82, 2.24) is 15.7 Å². The van der Waals surface area contributed by atoms with Crippen LogP contribution in [0.15, 0.2) is 47.2 Å². The van der Waals surface area contributed by atoms with E-state index in [2.05, 4.69) is 61.5 Å². The summed E-state index contributed by atoms with van der Waals surface area (Å²) in [5.41, 5.74) is 5.88. The maximum absolute atomic E-state index is 12.1. The SMILES string of the molecule is CC/C=C(/C)CC(C)C(C)(C)NCC(=O)N/N=C/c1cccc2[nH]ccc12. The predicted molar refractivity (Wildman–Crippen MR) is 114 cm³/mol. The van der Waals surface area contributed by atoms with Gasteiger partial charge in [-0.2, -0.15) is 5.10 Å². The van der Waals surface area contributed by atoms with Crippen LogP contribution in [-0.4, -0.2) is 29.2 Å². The van der Waals surface area contributed by atoms with Crippen molar-refractivity contribution in [2.45, 2.75) is 53.0 Å².